The minimum absolute atomic E-state index is 0.323. The molecule has 0 radical (unpaired) electrons. The molecule has 2 rings (SSSR count). The number of benzene rings is 1. The van der Waals surface area contributed by atoms with Crippen molar-refractivity contribution in [1.29, 1.82) is 0 Å². The van der Waals surface area contributed by atoms with Crippen molar-refractivity contribution in [2.24, 2.45) is 0 Å². The van der Waals surface area contributed by atoms with E-state index in [0.717, 1.165) is 5.56 Å². The second-order valence-corrected chi connectivity index (χ2v) is 5.87. The molecule has 108 valence electrons. The Balaban J connectivity index is 1.80. The third kappa shape index (κ3) is 3.80. The molecule has 7 heteroatoms. The second-order valence-electron chi connectivity index (χ2n) is 4.43. The van der Waals surface area contributed by atoms with E-state index in [4.69, 9.17) is 16.7 Å². The molecule has 1 saturated heterocycles. The smallest absolute Gasteiger partial charge is 0.327 e. The van der Waals surface area contributed by atoms with E-state index >= 15 is 0 Å². The maximum Gasteiger partial charge on any atom is 0.327 e. The van der Waals surface area contributed by atoms with Crippen LogP contribution in [0.15, 0.2) is 24.3 Å². The van der Waals surface area contributed by atoms with Crippen LogP contribution < -0.4 is 5.32 Å². The van der Waals surface area contributed by atoms with E-state index in [1.54, 1.807) is 12.1 Å². The monoisotopic (exact) mass is 314 g/mol. The van der Waals surface area contributed by atoms with Crippen molar-refractivity contribution in [3.05, 3.63) is 34.9 Å². The van der Waals surface area contributed by atoms with Crippen LogP contribution in [0.2, 0.25) is 5.02 Å². The number of thioether (sulfide) groups is 1. The normalized spacial score (nSPS) is 18.1. The quantitative estimate of drug-likeness (QED) is 0.892. The van der Waals surface area contributed by atoms with Gasteiger partial charge in [-0.3, -0.25) is 0 Å². The molecule has 0 bridgehead atoms. The molecular formula is C13H15ClN2O3S. The van der Waals surface area contributed by atoms with Gasteiger partial charge in [0.05, 0.1) is 5.88 Å². The van der Waals surface area contributed by atoms with Crippen molar-refractivity contribution in [3.8, 4) is 0 Å². The fourth-order valence-electron chi connectivity index (χ4n) is 1.91. The summed E-state index contributed by atoms with van der Waals surface area (Å²) in [6.45, 7) is 0.466. The first-order valence-electron chi connectivity index (χ1n) is 6.17. The molecule has 1 heterocycles. The van der Waals surface area contributed by atoms with E-state index in [0.29, 0.717) is 29.6 Å². The molecule has 1 atom stereocenters. The molecule has 1 aromatic rings. The average molecular weight is 315 g/mol. The maximum absolute atomic E-state index is 11.9. The molecule has 2 amide bonds. The number of carboxylic acids is 1. The van der Waals surface area contributed by atoms with Crippen molar-refractivity contribution in [2.75, 3.05) is 18.2 Å². The van der Waals surface area contributed by atoms with E-state index in [9.17, 15) is 9.59 Å². The molecule has 1 aliphatic heterocycles. The van der Waals surface area contributed by atoms with E-state index in [1.165, 1.54) is 16.7 Å². The summed E-state index contributed by atoms with van der Waals surface area (Å²) in [6, 6.07) is 6.36. The maximum atomic E-state index is 11.9. The Hall–Kier alpha value is -1.40. The highest BCUT2D eigenvalue weighted by Gasteiger charge is 2.34. The van der Waals surface area contributed by atoms with Gasteiger partial charge in [0.2, 0.25) is 0 Å². The van der Waals surface area contributed by atoms with Crippen molar-refractivity contribution >= 4 is 35.4 Å². The van der Waals surface area contributed by atoms with Gasteiger partial charge in [-0.25, -0.2) is 9.59 Å². The van der Waals surface area contributed by atoms with Crippen LogP contribution in [0.5, 0.6) is 0 Å². The van der Waals surface area contributed by atoms with E-state index in [2.05, 4.69) is 5.32 Å². The predicted octanol–water partition coefficient (Wildman–Crippen LogP) is 2.05. The molecule has 0 spiro atoms. The summed E-state index contributed by atoms with van der Waals surface area (Å²) in [5.74, 6) is -0.0909. The van der Waals surface area contributed by atoms with Crippen LogP contribution in [0.1, 0.15) is 5.56 Å². The topological polar surface area (TPSA) is 69.6 Å². The zero-order valence-electron chi connectivity index (χ0n) is 10.7. The summed E-state index contributed by atoms with van der Waals surface area (Å²) < 4.78 is 0. The summed E-state index contributed by atoms with van der Waals surface area (Å²) >= 11 is 7.24. The molecule has 0 aromatic heterocycles. The van der Waals surface area contributed by atoms with Crippen LogP contribution in [0.4, 0.5) is 4.79 Å². The molecule has 20 heavy (non-hydrogen) atoms. The first kappa shape index (κ1) is 15.0. The number of carbonyl (C=O) groups excluding carboxylic acids is 1. The predicted molar refractivity (Wildman–Crippen MR) is 79.1 cm³/mol. The van der Waals surface area contributed by atoms with Gasteiger partial charge in [-0.15, -0.1) is 11.8 Å². The number of urea groups is 1. The number of hydrogen-bond acceptors (Lipinski definition) is 3. The molecule has 0 unspecified atom stereocenters. The third-order valence-corrected chi connectivity index (χ3v) is 4.30. The Labute approximate surface area is 126 Å². The summed E-state index contributed by atoms with van der Waals surface area (Å²) in [5.41, 5.74) is 1.07. The lowest BCUT2D eigenvalue weighted by atomic mass is 10.1. The first-order valence-corrected chi connectivity index (χ1v) is 7.70. The Morgan fingerprint density at radius 1 is 1.40 bits per heavy atom. The lowest BCUT2D eigenvalue weighted by Crippen LogP contribution is -2.47. The van der Waals surface area contributed by atoms with Crippen molar-refractivity contribution in [2.45, 2.75) is 12.5 Å². The van der Waals surface area contributed by atoms with Gasteiger partial charge in [0.1, 0.15) is 6.04 Å². The van der Waals surface area contributed by atoms with Crippen molar-refractivity contribution < 1.29 is 14.7 Å². The van der Waals surface area contributed by atoms with Gasteiger partial charge in [-0.05, 0) is 24.1 Å². The van der Waals surface area contributed by atoms with Crippen LogP contribution in [0.25, 0.3) is 0 Å². The minimum Gasteiger partial charge on any atom is -0.480 e. The summed E-state index contributed by atoms with van der Waals surface area (Å²) in [5, 5.41) is 12.4. The lowest BCUT2D eigenvalue weighted by Gasteiger charge is -2.20. The van der Waals surface area contributed by atoms with Gasteiger partial charge in [-0.2, -0.15) is 0 Å². The number of rotatable bonds is 4. The highest BCUT2D eigenvalue weighted by molar-refractivity contribution is 7.99. The van der Waals surface area contributed by atoms with Crippen molar-refractivity contribution in [3.63, 3.8) is 0 Å². The highest BCUT2D eigenvalue weighted by Crippen LogP contribution is 2.20. The molecule has 0 aliphatic carbocycles. The number of hydrogen-bond donors (Lipinski definition) is 2. The summed E-state index contributed by atoms with van der Waals surface area (Å²) in [4.78, 5) is 24.3. The standard InChI is InChI=1S/C13H15ClN2O3S/c14-10-3-1-9(2-4-10)5-6-15-13(19)16-8-20-7-11(16)12(17)18/h1-4,11H,5-8H2,(H,15,19)(H,17,18)/t11-/m0/s1. The number of nitrogens with zero attached hydrogens (tertiary/aromatic N) is 1. The SMILES string of the molecule is O=C(O)[C@@H]1CSCN1C(=O)NCCc1ccc(Cl)cc1. The van der Waals surface area contributed by atoms with Gasteiger partial charge < -0.3 is 15.3 Å². The first-order chi connectivity index (χ1) is 9.58. The Kier molecular flexibility index (Phi) is 5.14. The van der Waals surface area contributed by atoms with Crippen LogP contribution in [0.3, 0.4) is 0 Å². The van der Waals surface area contributed by atoms with E-state index < -0.39 is 12.0 Å². The van der Waals surface area contributed by atoms with Gasteiger partial charge >= 0.3 is 12.0 Å². The van der Waals surface area contributed by atoms with Gasteiger partial charge in [-0.1, -0.05) is 23.7 Å². The molecule has 0 saturated carbocycles. The lowest BCUT2D eigenvalue weighted by molar-refractivity contribution is -0.140. The number of nitrogens with one attached hydrogen (secondary N) is 1. The number of carboxylic acid groups (broad SMARTS) is 1. The second kappa shape index (κ2) is 6.85. The molecule has 1 fully saturated rings. The fraction of sp³-hybridized carbons (Fsp3) is 0.385. The zero-order chi connectivity index (χ0) is 14.5. The molecule has 1 aliphatic rings. The number of aliphatic carboxylic acids is 1. The average Bonchev–Trinajstić information content (AvgIpc) is 2.90. The largest absolute Gasteiger partial charge is 0.480 e. The molecule has 5 nitrogen and oxygen atoms in total. The zero-order valence-corrected chi connectivity index (χ0v) is 12.3. The van der Waals surface area contributed by atoms with Crippen LogP contribution in [-0.2, 0) is 11.2 Å². The van der Waals surface area contributed by atoms with Crippen LogP contribution in [-0.4, -0.2) is 46.2 Å². The fourth-order valence-corrected chi connectivity index (χ4v) is 3.18. The molecule has 2 N–H and O–H groups in total. The highest BCUT2D eigenvalue weighted by atomic mass is 35.5. The molecule has 1 aromatic carbocycles. The van der Waals surface area contributed by atoms with Crippen LogP contribution >= 0.6 is 23.4 Å². The number of carbonyl (C=O) groups is 2. The summed E-state index contributed by atoms with van der Waals surface area (Å²) in [6.07, 6.45) is 0.682. The van der Waals surface area contributed by atoms with Gasteiger partial charge in [0, 0.05) is 17.3 Å². The Bertz CT molecular complexity index is 495. The number of amides is 2. The third-order valence-electron chi connectivity index (χ3n) is 3.03. The van der Waals surface area contributed by atoms with E-state index in [-0.39, 0.29) is 6.03 Å². The van der Waals surface area contributed by atoms with Crippen LogP contribution in [0, 0.1) is 0 Å². The number of halogens is 1. The van der Waals surface area contributed by atoms with Crippen molar-refractivity contribution in [1.82, 2.24) is 10.2 Å². The van der Waals surface area contributed by atoms with Gasteiger partial charge in [0.15, 0.2) is 0 Å². The minimum atomic E-state index is -0.956. The van der Waals surface area contributed by atoms with Gasteiger partial charge in [0.25, 0.3) is 0 Å². The Morgan fingerprint density at radius 2 is 2.10 bits per heavy atom. The summed E-state index contributed by atoms with van der Waals surface area (Å²) in [7, 11) is 0. The van der Waals surface area contributed by atoms with E-state index in [1.807, 2.05) is 12.1 Å². The molecular weight excluding hydrogens is 300 g/mol. The Morgan fingerprint density at radius 3 is 2.75 bits per heavy atom.